The molecule has 0 aliphatic rings. The molecule has 0 rings (SSSR count). The van der Waals surface area contributed by atoms with Gasteiger partial charge in [-0.05, 0) is 77.0 Å². The first-order valence-corrected chi connectivity index (χ1v) is 28.1. The van der Waals surface area contributed by atoms with Gasteiger partial charge in [-0.1, -0.05) is 237 Å². The molecule has 0 spiro atoms. The van der Waals surface area contributed by atoms with Crippen molar-refractivity contribution >= 4 is 11.9 Å². The van der Waals surface area contributed by atoms with E-state index in [4.69, 9.17) is 4.74 Å². The standard InChI is InChI=1S/C57H109NO5/c1-3-5-7-9-11-13-15-17-26-29-33-37-41-45-49-55(60)54(53-59)58-56(61)50-46-42-38-34-30-27-23-21-19-18-20-22-24-28-32-36-40-44-48-52-63-57(62)51-47-43-39-35-31-25-16-14-12-10-8-6-4-2/h14,16,18-19,54-55,59-60H,3-13,15,17,20-53H2,1-2H3,(H,58,61)/b16-14-,19-18-. The summed E-state index contributed by atoms with van der Waals surface area (Å²) >= 11 is 0. The summed E-state index contributed by atoms with van der Waals surface area (Å²) in [7, 11) is 0. The first-order chi connectivity index (χ1) is 31.0. The Kier molecular flexibility index (Phi) is 51.6. The number of carbonyl (C=O) groups excluding carboxylic acids is 2. The maximum Gasteiger partial charge on any atom is 0.305 e. The second-order valence-electron chi connectivity index (χ2n) is 19.3. The van der Waals surface area contributed by atoms with Crippen molar-refractivity contribution in [1.29, 1.82) is 0 Å². The summed E-state index contributed by atoms with van der Waals surface area (Å²) in [5.74, 6) is -0.0494. The lowest BCUT2D eigenvalue weighted by Gasteiger charge is -2.22. The van der Waals surface area contributed by atoms with Crippen molar-refractivity contribution < 1.29 is 24.5 Å². The molecule has 372 valence electrons. The smallest absolute Gasteiger partial charge is 0.305 e. The van der Waals surface area contributed by atoms with Crippen LogP contribution in [0, 0.1) is 0 Å². The summed E-state index contributed by atoms with van der Waals surface area (Å²) in [4.78, 5) is 24.5. The fourth-order valence-corrected chi connectivity index (χ4v) is 8.63. The normalized spacial score (nSPS) is 12.8. The zero-order chi connectivity index (χ0) is 45.8. The van der Waals surface area contributed by atoms with Gasteiger partial charge in [0, 0.05) is 12.8 Å². The molecule has 0 fully saturated rings. The number of nitrogens with one attached hydrogen (secondary N) is 1. The van der Waals surface area contributed by atoms with E-state index in [1.165, 1.54) is 225 Å². The molecule has 0 saturated carbocycles. The number of carbonyl (C=O) groups is 2. The van der Waals surface area contributed by atoms with Crippen LogP contribution in [-0.2, 0) is 14.3 Å². The van der Waals surface area contributed by atoms with Gasteiger partial charge in [-0.15, -0.1) is 0 Å². The number of amides is 1. The molecule has 2 unspecified atom stereocenters. The van der Waals surface area contributed by atoms with Crippen molar-refractivity contribution in [2.75, 3.05) is 13.2 Å². The molecule has 6 nitrogen and oxygen atoms in total. The molecule has 6 heteroatoms. The highest BCUT2D eigenvalue weighted by Gasteiger charge is 2.20. The molecular formula is C57H109NO5. The molecule has 1 amide bonds. The number of ether oxygens (including phenoxy) is 1. The first kappa shape index (κ1) is 61.3. The van der Waals surface area contributed by atoms with E-state index < -0.39 is 12.1 Å². The number of unbranched alkanes of at least 4 members (excludes halogenated alkanes) is 37. The quantitative estimate of drug-likeness (QED) is 0.0321. The van der Waals surface area contributed by atoms with Gasteiger partial charge >= 0.3 is 5.97 Å². The van der Waals surface area contributed by atoms with E-state index in [0.29, 0.717) is 25.9 Å². The van der Waals surface area contributed by atoms with Gasteiger partial charge in [-0.3, -0.25) is 9.59 Å². The molecule has 63 heavy (non-hydrogen) atoms. The van der Waals surface area contributed by atoms with Crippen molar-refractivity contribution in [2.45, 2.75) is 315 Å². The molecule has 0 bridgehead atoms. The Morgan fingerprint density at radius 1 is 0.429 bits per heavy atom. The molecule has 3 N–H and O–H groups in total. The molecular weight excluding hydrogens is 779 g/mol. The van der Waals surface area contributed by atoms with E-state index in [1.54, 1.807) is 0 Å². The van der Waals surface area contributed by atoms with Gasteiger partial charge in [-0.2, -0.15) is 0 Å². The van der Waals surface area contributed by atoms with Crippen LogP contribution in [0.5, 0.6) is 0 Å². The summed E-state index contributed by atoms with van der Waals surface area (Å²) in [6.45, 7) is 4.93. The minimum absolute atomic E-state index is 0.00530. The van der Waals surface area contributed by atoms with Crippen molar-refractivity contribution in [1.82, 2.24) is 5.32 Å². The van der Waals surface area contributed by atoms with Crippen LogP contribution < -0.4 is 5.32 Å². The average molecular weight is 889 g/mol. The van der Waals surface area contributed by atoms with E-state index in [9.17, 15) is 19.8 Å². The molecule has 0 heterocycles. The molecule has 0 aromatic heterocycles. The van der Waals surface area contributed by atoms with Crippen LogP contribution in [0.25, 0.3) is 0 Å². The lowest BCUT2D eigenvalue weighted by atomic mass is 10.0. The largest absolute Gasteiger partial charge is 0.466 e. The number of aliphatic hydroxyl groups excluding tert-OH is 2. The number of hydrogen-bond acceptors (Lipinski definition) is 5. The molecule has 0 radical (unpaired) electrons. The minimum atomic E-state index is -0.670. The second kappa shape index (κ2) is 53.0. The van der Waals surface area contributed by atoms with Crippen molar-refractivity contribution in [3.05, 3.63) is 24.3 Å². The number of aliphatic hydroxyl groups is 2. The topological polar surface area (TPSA) is 95.9 Å². The molecule has 0 aliphatic heterocycles. The zero-order valence-corrected chi connectivity index (χ0v) is 42.3. The van der Waals surface area contributed by atoms with Gasteiger partial charge in [0.25, 0.3) is 0 Å². The monoisotopic (exact) mass is 888 g/mol. The van der Waals surface area contributed by atoms with Crippen molar-refractivity contribution in [3.63, 3.8) is 0 Å². The van der Waals surface area contributed by atoms with Gasteiger partial charge in [0.2, 0.25) is 5.91 Å². The Morgan fingerprint density at radius 3 is 1.14 bits per heavy atom. The predicted octanol–water partition coefficient (Wildman–Crippen LogP) is 17.1. The third-order valence-corrected chi connectivity index (χ3v) is 13.0. The van der Waals surface area contributed by atoms with Crippen LogP contribution >= 0.6 is 0 Å². The van der Waals surface area contributed by atoms with Crippen LogP contribution in [0.3, 0.4) is 0 Å². The Hall–Kier alpha value is -1.66. The highest BCUT2D eigenvalue weighted by molar-refractivity contribution is 5.76. The Bertz CT molecular complexity index is 982. The van der Waals surface area contributed by atoms with Crippen LogP contribution in [-0.4, -0.2) is 47.4 Å². The first-order valence-electron chi connectivity index (χ1n) is 28.1. The van der Waals surface area contributed by atoms with E-state index in [-0.39, 0.29) is 18.5 Å². The SMILES string of the molecule is CCCCCC/C=C\CCCCCCCC(=O)OCCCCCCCCCC/C=C\CCCCCCCCCC(=O)NC(CO)C(O)CCCCCCCCCCCCCCCC. The van der Waals surface area contributed by atoms with E-state index >= 15 is 0 Å². The fraction of sp³-hybridized carbons (Fsp3) is 0.895. The highest BCUT2D eigenvalue weighted by atomic mass is 16.5. The van der Waals surface area contributed by atoms with Crippen LogP contribution in [0.1, 0.15) is 303 Å². The summed E-state index contributed by atoms with van der Waals surface area (Å²) in [6.07, 6.45) is 63.0. The fourth-order valence-electron chi connectivity index (χ4n) is 8.63. The molecule has 0 saturated heterocycles. The lowest BCUT2D eigenvalue weighted by molar-refractivity contribution is -0.143. The van der Waals surface area contributed by atoms with Crippen molar-refractivity contribution in [2.24, 2.45) is 0 Å². The van der Waals surface area contributed by atoms with Gasteiger partial charge in [-0.25, -0.2) is 0 Å². The van der Waals surface area contributed by atoms with Crippen LogP contribution in [0.15, 0.2) is 24.3 Å². The summed E-state index contributed by atoms with van der Waals surface area (Å²) in [6, 6.07) is -0.548. The maximum absolute atomic E-state index is 12.5. The summed E-state index contributed by atoms with van der Waals surface area (Å²) in [5.41, 5.74) is 0. The van der Waals surface area contributed by atoms with Gasteiger partial charge < -0.3 is 20.3 Å². The third-order valence-electron chi connectivity index (χ3n) is 13.0. The van der Waals surface area contributed by atoms with Gasteiger partial charge in [0.1, 0.15) is 0 Å². The molecule has 0 aliphatic carbocycles. The molecule has 0 aromatic rings. The summed E-state index contributed by atoms with van der Waals surface area (Å²) in [5, 5.41) is 23.2. The van der Waals surface area contributed by atoms with Gasteiger partial charge in [0.15, 0.2) is 0 Å². The maximum atomic E-state index is 12.5. The van der Waals surface area contributed by atoms with E-state index in [0.717, 1.165) is 44.9 Å². The number of rotatable bonds is 52. The lowest BCUT2D eigenvalue weighted by Crippen LogP contribution is -2.45. The van der Waals surface area contributed by atoms with E-state index in [2.05, 4.69) is 43.5 Å². The molecule has 2 atom stereocenters. The second-order valence-corrected chi connectivity index (χ2v) is 19.3. The Morgan fingerprint density at radius 2 is 0.746 bits per heavy atom. The highest BCUT2D eigenvalue weighted by Crippen LogP contribution is 2.16. The number of hydrogen-bond donors (Lipinski definition) is 3. The third kappa shape index (κ3) is 49.6. The Balaban J connectivity index is 3.44. The molecule has 0 aromatic carbocycles. The summed E-state index contributed by atoms with van der Waals surface area (Å²) < 4.78 is 5.46. The van der Waals surface area contributed by atoms with Crippen LogP contribution in [0.2, 0.25) is 0 Å². The van der Waals surface area contributed by atoms with E-state index in [1.807, 2.05) is 0 Å². The van der Waals surface area contributed by atoms with Crippen molar-refractivity contribution in [3.8, 4) is 0 Å². The number of esters is 1. The Labute approximate surface area is 392 Å². The zero-order valence-electron chi connectivity index (χ0n) is 42.3. The number of allylic oxidation sites excluding steroid dienone is 4. The predicted molar refractivity (Wildman–Crippen MR) is 273 cm³/mol. The van der Waals surface area contributed by atoms with Gasteiger partial charge in [0.05, 0.1) is 25.4 Å². The van der Waals surface area contributed by atoms with Crippen LogP contribution in [0.4, 0.5) is 0 Å². The average Bonchev–Trinajstić information content (AvgIpc) is 3.28. The minimum Gasteiger partial charge on any atom is -0.466 e.